The molecule has 0 aliphatic rings. The van der Waals surface area contributed by atoms with E-state index < -0.39 is 75.2 Å². The van der Waals surface area contributed by atoms with Gasteiger partial charge in [0, 0.05) is 5.56 Å². The molecule has 0 N–H and O–H groups in total. The Hall–Kier alpha value is -3.14. The van der Waals surface area contributed by atoms with Crippen LogP contribution in [0.15, 0.2) is 0 Å². The smallest absolute Gasteiger partial charge is 0.195 e. The lowest BCUT2D eigenvalue weighted by Crippen LogP contribution is -2.10. The van der Waals surface area contributed by atoms with E-state index in [1.807, 2.05) is 0 Å². The molecule has 0 aliphatic heterocycles. The normalized spacial score (nSPS) is 10.5. The standard InChI is InChI=1S/C15H2F8N2/c16-8-4(1-2-24)9(17)15(23)14(22)6(8)7-12(20)10(18)5(3-25)11(19)13(7)21/h1H2. The van der Waals surface area contributed by atoms with Gasteiger partial charge in [0.05, 0.1) is 23.6 Å². The number of benzene rings is 2. The lowest BCUT2D eigenvalue weighted by molar-refractivity contribution is 0.424. The third-order valence-electron chi connectivity index (χ3n) is 3.24. The molecule has 2 aromatic rings. The van der Waals surface area contributed by atoms with E-state index >= 15 is 0 Å². The fourth-order valence-corrected chi connectivity index (χ4v) is 2.09. The Morgan fingerprint density at radius 1 is 0.560 bits per heavy atom. The summed E-state index contributed by atoms with van der Waals surface area (Å²) in [7, 11) is 0. The summed E-state index contributed by atoms with van der Waals surface area (Å²) >= 11 is 0. The highest BCUT2D eigenvalue weighted by Crippen LogP contribution is 2.38. The predicted molar refractivity (Wildman–Crippen MR) is 65.6 cm³/mol. The molecule has 0 amide bonds. The molecule has 10 heteroatoms. The zero-order valence-electron chi connectivity index (χ0n) is 11.6. The maximum atomic E-state index is 14.2. The minimum absolute atomic E-state index is 0.811. The van der Waals surface area contributed by atoms with Crippen molar-refractivity contribution in [1.82, 2.24) is 0 Å². The fourth-order valence-electron chi connectivity index (χ4n) is 2.09. The first kappa shape index (κ1) is 18.2. The van der Waals surface area contributed by atoms with Gasteiger partial charge in [-0.15, -0.1) is 0 Å². The highest BCUT2D eigenvalue weighted by atomic mass is 19.2. The molecule has 25 heavy (non-hydrogen) atoms. The van der Waals surface area contributed by atoms with Crippen molar-refractivity contribution >= 4 is 0 Å². The molecule has 0 unspecified atom stereocenters. The molecule has 2 nitrogen and oxygen atoms in total. The lowest BCUT2D eigenvalue weighted by atomic mass is 9.96. The van der Waals surface area contributed by atoms with Gasteiger partial charge >= 0.3 is 0 Å². The SMILES string of the molecule is N#CCc1c(F)c(F)c(F)c(-c2c(F)c(F)c(C#N)c(F)c2F)c1F. The largest absolute Gasteiger partial charge is 0.206 e. The summed E-state index contributed by atoms with van der Waals surface area (Å²) in [5.74, 6) is -18.4. The van der Waals surface area contributed by atoms with Crippen LogP contribution < -0.4 is 0 Å². The van der Waals surface area contributed by atoms with Crippen LogP contribution in [0.3, 0.4) is 0 Å². The number of rotatable bonds is 2. The van der Waals surface area contributed by atoms with Gasteiger partial charge in [-0.1, -0.05) is 0 Å². The van der Waals surface area contributed by atoms with Gasteiger partial charge in [-0.3, -0.25) is 0 Å². The van der Waals surface area contributed by atoms with Crippen molar-refractivity contribution in [2.75, 3.05) is 0 Å². The molecule has 0 fully saturated rings. The van der Waals surface area contributed by atoms with Gasteiger partial charge in [0.2, 0.25) is 0 Å². The zero-order chi connectivity index (χ0) is 19.0. The molecule has 0 aromatic heterocycles. The molecule has 0 spiro atoms. The molecule has 0 bridgehead atoms. The van der Waals surface area contributed by atoms with Gasteiger partial charge in [0.1, 0.15) is 17.4 Å². The maximum absolute atomic E-state index is 14.2. The van der Waals surface area contributed by atoms with Gasteiger partial charge in [-0.25, -0.2) is 35.1 Å². The Labute approximate surface area is 134 Å². The first-order valence-electron chi connectivity index (χ1n) is 6.17. The third kappa shape index (κ3) is 2.56. The number of nitrogens with zero attached hydrogens (tertiary/aromatic N) is 2. The van der Waals surface area contributed by atoms with Gasteiger partial charge in [0.15, 0.2) is 40.7 Å². The van der Waals surface area contributed by atoms with E-state index in [0.717, 1.165) is 6.07 Å². The summed E-state index contributed by atoms with van der Waals surface area (Å²) < 4.78 is 110. The van der Waals surface area contributed by atoms with Crippen LogP contribution in [-0.2, 0) is 6.42 Å². The molecule has 2 rings (SSSR count). The second kappa shape index (κ2) is 6.40. The summed E-state index contributed by atoms with van der Waals surface area (Å²) in [6.45, 7) is 0. The highest BCUT2D eigenvalue weighted by Gasteiger charge is 2.33. The summed E-state index contributed by atoms with van der Waals surface area (Å²) in [6.07, 6.45) is -1.16. The highest BCUT2D eigenvalue weighted by molar-refractivity contribution is 5.69. The molecule has 0 saturated carbocycles. The minimum Gasteiger partial charge on any atom is -0.206 e. The number of nitriles is 2. The Kier molecular flexibility index (Phi) is 4.66. The topological polar surface area (TPSA) is 47.6 Å². The summed E-state index contributed by atoms with van der Waals surface area (Å²) in [5, 5.41) is 16.9. The summed E-state index contributed by atoms with van der Waals surface area (Å²) in [4.78, 5) is 0. The second-order valence-electron chi connectivity index (χ2n) is 4.56. The van der Waals surface area contributed by atoms with Gasteiger partial charge in [0.25, 0.3) is 0 Å². The van der Waals surface area contributed by atoms with Crippen LogP contribution in [0, 0.1) is 69.2 Å². The lowest BCUT2D eigenvalue weighted by Gasteiger charge is -2.13. The summed E-state index contributed by atoms with van der Waals surface area (Å²) in [6, 6.07) is 2.02. The van der Waals surface area contributed by atoms with Crippen molar-refractivity contribution in [3.8, 4) is 23.3 Å². The maximum Gasteiger partial charge on any atom is 0.195 e. The predicted octanol–water partition coefficient (Wildman–Crippen LogP) is 4.40. The van der Waals surface area contributed by atoms with Crippen LogP contribution in [-0.4, -0.2) is 0 Å². The minimum atomic E-state index is -2.46. The Bertz CT molecular complexity index is 956. The van der Waals surface area contributed by atoms with Crippen LogP contribution in [0.5, 0.6) is 0 Å². The Morgan fingerprint density at radius 3 is 1.44 bits per heavy atom. The average Bonchev–Trinajstić information content (AvgIpc) is 2.58. The van der Waals surface area contributed by atoms with Crippen molar-refractivity contribution in [1.29, 1.82) is 10.5 Å². The quantitative estimate of drug-likeness (QED) is 0.452. The molecule has 0 saturated heterocycles. The van der Waals surface area contributed by atoms with Crippen LogP contribution in [0.2, 0.25) is 0 Å². The molecule has 0 heterocycles. The second-order valence-corrected chi connectivity index (χ2v) is 4.56. The van der Waals surface area contributed by atoms with Crippen LogP contribution >= 0.6 is 0 Å². The van der Waals surface area contributed by atoms with Crippen molar-refractivity contribution in [2.45, 2.75) is 6.42 Å². The molecule has 128 valence electrons. The van der Waals surface area contributed by atoms with Crippen molar-refractivity contribution in [3.05, 3.63) is 57.7 Å². The van der Waals surface area contributed by atoms with E-state index in [9.17, 15) is 35.1 Å². The van der Waals surface area contributed by atoms with Crippen molar-refractivity contribution < 1.29 is 35.1 Å². The third-order valence-corrected chi connectivity index (χ3v) is 3.24. The molecular weight excluding hydrogens is 360 g/mol. The van der Waals surface area contributed by atoms with Gasteiger partial charge in [-0.2, -0.15) is 10.5 Å². The van der Waals surface area contributed by atoms with E-state index in [1.165, 1.54) is 6.07 Å². The van der Waals surface area contributed by atoms with Crippen LogP contribution in [0.1, 0.15) is 11.1 Å². The summed E-state index contributed by atoms with van der Waals surface area (Å²) in [5.41, 5.74) is -7.05. The van der Waals surface area contributed by atoms with E-state index in [-0.39, 0.29) is 0 Å². The van der Waals surface area contributed by atoms with E-state index in [1.54, 1.807) is 0 Å². The van der Waals surface area contributed by atoms with Crippen molar-refractivity contribution in [2.24, 2.45) is 0 Å². The number of hydrogen-bond acceptors (Lipinski definition) is 2. The molecular formula is C15H2F8N2. The van der Waals surface area contributed by atoms with Gasteiger partial charge in [-0.05, 0) is 0 Å². The number of halogens is 8. The van der Waals surface area contributed by atoms with E-state index in [0.29, 0.717) is 0 Å². The van der Waals surface area contributed by atoms with Crippen molar-refractivity contribution in [3.63, 3.8) is 0 Å². The van der Waals surface area contributed by atoms with Gasteiger partial charge < -0.3 is 0 Å². The zero-order valence-corrected chi connectivity index (χ0v) is 11.6. The Balaban J connectivity index is 3.04. The van der Waals surface area contributed by atoms with Crippen LogP contribution in [0.4, 0.5) is 35.1 Å². The Morgan fingerprint density at radius 2 is 1.00 bits per heavy atom. The van der Waals surface area contributed by atoms with E-state index in [2.05, 4.69) is 0 Å². The average molecular weight is 362 g/mol. The van der Waals surface area contributed by atoms with Crippen LogP contribution in [0.25, 0.3) is 11.1 Å². The number of hydrogen-bond donors (Lipinski definition) is 0. The monoisotopic (exact) mass is 362 g/mol. The first-order chi connectivity index (χ1) is 11.7. The molecule has 0 aliphatic carbocycles. The molecule has 0 atom stereocenters. The van der Waals surface area contributed by atoms with E-state index in [4.69, 9.17) is 10.5 Å². The first-order valence-corrected chi connectivity index (χ1v) is 6.17. The molecule has 0 radical (unpaired) electrons. The molecule has 2 aromatic carbocycles. The fraction of sp³-hybridized carbons (Fsp3) is 0.0667.